The summed E-state index contributed by atoms with van der Waals surface area (Å²) in [4.78, 5) is 59.9. The van der Waals surface area contributed by atoms with E-state index >= 15 is 0 Å². The molecule has 2 atom stereocenters. The maximum absolute atomic E-state index is 13.1. The van der Waals surface area contributed by atoms with Crippen molar-refractivity contribution in [3.8, 4) is 0 Å². The highest BCUT2D eigenvalue weighted by Crippen LogP contribution is 2.46. The van der Waals surface area contributed by atoms with Crippen LogP contribution in [-0.2, 0) is 24.9 Å². The third-order valence-corrected chi connectivity index (χ3v) is 10.4. The highest BCUT2D eigenvalue weighted by Gasteiger charge is 2.54. The number of thioether (sulfide) groups is 3. The van der Waals surface area contributed by atoms with Crippen molar-refractivity contribution in [3.63, 3.8) is 0 Å². The van der Waals surface area contributed by atoms with Crippen LogP contribution in [0.25, 0.3) is 0 Å². The zero-order chi connectivity index (χ0) is 29.7. The van der Waals surface area contributed by atoms with Crippen molar-refractivity contribution in [2.24, 2.45) is 10.9 Å². The monoisotopic (exact) mass is 658 g/mol. The van der Waals surface area contributed by atoms with Gasteiger partial charge in [-0.15, -0.1) is 11.8 Å². The number of carboxylic acid groups (broad SMARTS) is 1. The first-order chi connectivity index (χ1) is 19.7. The van der Waals surface area contributed by atoms with Crippen molar-refractivity contribution >= 4 is 92.8 Å². The summed E-state index contributed by atoms with van der Waals surface area (Å²) in [5.41, 5.74) is 10.9. The van der Waals surface area contributed by atoms with E-state index in [0.717, 1.165) is 26.7 Å². The Morgan fingerprint density at radius 2 is 2.12 bits per heavy atom. The molecule has 0 radical (unpaired) electrons. The van der Waals surface area contributed by atoms with Crippen LogP contribution in [0.5, 0.6) is 0 Å². The molecular formula is C22H23ClN8O6S4. The van der Waals surface area contributed by atoms with Gasteiger partial charge in [0.05, 0.1) is 6.54 Å². The molecule has 4 rings (SSSR count). The maximum Gasteiger partial charge on any atom is 0.353 e. The summed E-state index contributed by atoms with van der Waals surface area (Å²) in [5, 5.41) is 26.9. The van der Waals surface area contributed by atoms with Crippen LogP contribution >= 0.6 is 58.2 Å². The average molecular weight is 659 g/mol. The molecule has 0 aromatic carbocycles. The molecule has 2 aromatic heterocycles. The summed E-state index contributed by atoms with van der Waals surface area (Å²) < 4.78 is 0.0315. The summed E-state index contributed by atoms with van der Waals surface area (Å²) in [5.74, 6) is -1.58. The minimum Gasteiger partial charge on any atom is -0.477 e. The van der Waals surface area contributed by atoms with Crippen molar-refractivity contribution < 1.29 is 29.5 Å². The van der Waals surface area contributed by atoms with E-state index in [-0.39, 0.29) is 39.1 Å². The molecule has 0 aliphatic carbocycles. The topological polar surface area (TPSA) is 226 Å². The van der Waals surface area contributed by atoms with Gasteiger partial charge in [0.15, 0.2) is 10.8 Å². The molecule has 1 saturated heterocycles. The molecule has 0 saturated carbocycles. The van der Waals surface area contributed by atoms with Crippen molar-refractivity contribution in [2.75, 3.05) is 30.3 Å². The first-order valence-corrected chi connectivity index (χ1v) is 15.9. The van der Waals surface area contributed by atoms with Crippen LogP contribution in [0.15, 0.2) is 39.1 Å². The molecule has 0 spiro atoms. The van der Waals surface area contributed by atoms with Gasteiger partial charge in [-0.3, -0.25) is 24.3 Å². The largest absolute Gasteiger partial charge is 0.477 e. The van der Waals surface area contributed by atoms with E-state index in [9.17, 15) is 29.5 Å². The number of hydrogen-bond donors (Lipinski definition) is 6. The zero-order valence-electron chi connectivity index (χ0n) is 20.9. The number of carbonyl (C=O) groups excluding carboxylic acids is 3. The van der Waals surface area contributed by atoms with Gasteiger partial charge in [-0.25, -0.2) is 9.78 Å². The number of hydrogen-bond acceptors (Lipinski definition) is 14. The number of nitrogens with zero attached hydrogens (tertiary/aromatic N) is 4. The van der Waals surface area contributed by atoms with E-state index in [0.29, 0.717) is 23.0 Å². The smallest absolute Gasteiger partial charge is 0.353 e. The third-order valence-electron chi connectivity index (χ3n) is 5.67. The number of aliphatic carboxylic acids is 1. The minimum absolute atomic E-state index is 0.0315. The number of fused-ring (bicyclic) bond motifs is 1. The van der Waals surface area contributed by atoms with Crippen LogP contribution in [0.3, 0.4) is 0 Å². The second-order valence-corrected chi connectivity index (χ2v) is 13.2. The molecule has 4 heterocycles. The average Bonchev–Trinajstić information content (AvgIpc) is 3.29. The van der Waals surface area contributed by atoms with Gasteiger partial charge in [-0.2, -0.15) is 11.8 Å². The number of aromatic nitrogens is 2. The standard InChI is InChI=1S/C22H23ClN8O6S4/c23-17-13(29-22(25)41-17)14(30-37)18(33)28-15-19(34)31-16(21(35)36)11(8-39-20(15)31)40-10-1-2-26-6-9(10)7-38-4-3-27-12(32)5-24/h1-2,6,15,20,37H,3-5,7-8,24H2,(H2,25,29)(H,27,32)(H,28,33)(H,35,36)/b30-14-/t15-,20-/m1/s1. The zero-order valence-corrected chi connectivity index (χ0v) is 24.9. The molecule has 2 aliphatic rings. The number of β-lactam (4-membered cyclic amide) rings is 1. The fourth-order valence-corrected chi connectivity index (χ4v) is 8.24. The van der Waals surface area contributed by atoms with E-state index < -0.39 is 34.9 Å². The van der Waals surface area contributed by atoms with E-state index in [1.54, 1.807) is 30.2 Å². The minimum atomic E-state index is -1.28. The number of carbonyl (C=O) groups is 4. The van der Waals surface area contributed by atoms with Gasteiger partial charge in [-0.05, 0) is 11.6 Å². The third kappa shape index (κ3) is 6.90. The van der Waals surface area contributed by atoms with Gasteiger partial charge in [0.1, 0.15) is 27.1 Å². The highest BCUT2D eigenvalue weighted by atomic mass is 35.5. The van der Waals surface area contributed by atoms with E-state index in [1.807, 2.05) is 0 Å². The van der Waals surface area contributed by atoms with Gasteiger partial charge < -0.3 is 32.4 Å². The summed E-state index contributed by atoms with van der Waals surface area (Å²) in [7, 11) is 0. The number of nitrogens with one attached hydrogen (secondary N) is 2. The Balaban J connectivity index is 1.45. The predicted octanol–water partition coefficient (Wildman–Crippen LogP) is 0.749. The number of amides is 3. The summed E-state index contributed by atoms with van der Waals surface area (Å²) in [6, 6.07) is 0.708. The maximum atomic E-state index is 13.1. The molecule has 2 aromatic rings. The molecule has 2 aliphatic heterocycles. The number of carboxylic acids is 1. The van der Waals surface area contributed by atoms with Crippen LogP contribution < -0.4 is 22.1 Å². The van der Waals surface area contributed by atoms with Crippen LogP contribution in [0.2, 0.25) is 4.34 Å². The molecular weight excluding hydrogens is 636 g/mol. The fraction of sp³-hybridized carbons (Fsp3) is 0.318. The molecule has 0 bridgehead atoms. The van der Waals surface area contributed by atoms with Gasteiger partial charge in [-0.1, -0.05) is 39.9 Å². The fourth-order valence-electron chi connectivity index (χ4n) is 3.81. The van der Waals surface area contributed by atoms with E-state index in [4.69, 9.17) is 23.1 Å². The van der Waals surface area contributed by atoms with Crippen molar-refractivity contribution in [1.82, 2.24) is 25.5 Å². The van der Waals surface area contributed by atoms with Gasteiger partial charge in [0.2, 0.25) is 5.91 Å². The Morgan fingerprint density at radius 3 is 2.78 bits per heavy atom. The second kappa shape index (κ2) is 13.8. The van der Waals surface area contributed by atoms with Crippen LogP contribution in [-0.4, -0.2) is 90.6 Å². The first kappa shape index (κ1) is 30.9. The summed E-state index contributed by atoms with van der Waals surface area (Å²) in [6.45, 7) is 0.386. The highest BCUT2D eigenvalue weighted by molar-refractivity contribution is 8.06. The predicted molar refractivity (Wildman–Crippen MR) is 158 cm³/mol. The first-order valence-electron chi connectivity index (χ1n) is 11.7. The molecule has 19 heteroatoms. The normalized spacial score (nSPS) is 18.5. The van der Waals surface area contributed by atoms with Gasteiger partial charge in [0.25, 0.3) is 11.8 Å². The number of nitrogen functional groups attached to an aromatic ring is 1. The van der Waals surface area contributed by atoms with Crippen LogP contribution in [0.1, 0.15) is 11.3 Å². The van der Waals surface area contributed by atoms with Gasteiger partial charge in [0, 0.05) is 46.0 Å². The number of halogens is 1. The molecule has 218 valence electrons. The number of rotatable bonds is 12. The lowest BCUT2D eigenvalue weighted by Gasteiger charge is -2.49. The lowest BCUT2D eigenvalue weighted by Crippen LogP contribution is -2.71. The molecule has 1 fully saturated rings. The summed E-state index contributed by atoms with van der Waals surface area (Å²) in [6.07, 6.45) is 3.29. The Morgan fingerprint density at radius 1 is 1.34 bits per heavy atom. The Kier molecular flexibility index (Phi) is 10.4. The number of nitrogens with two attached hydrogens (primary N) is 2. The Labute approximate surface area is 254 Å². The van der Waals surface area contributed by atoms with Gasteiger partial charge >= 0.3 is 5.97 Å². The van der Waals surface area contributed by atoms with E-state index in [1.165, 1.54) is 23.5 Å². The van der Waals surface area contributed by atoms with E-state index in [2.05, 4.69) is 25.8 Å². The number of thiazole rings is 1. The van der Waals surface area contributed by atoms with Crippen molar-refractivity contribution in [3.05, 3.63) is 44.7 Å². The Hall–Kier alpha value is -3.03. The van der Waals surface area contributed by atoms with Crippen LogP contribution in [0.4, 0.5) is 5.13 Å². The SMILES string of the molecule is NCC(=O)NCCSCc1cnccc1SC1=C(C(=O)O)N2C(=O)[C@@H](NC(=O)/C(=N\O)c3nc(N)sc3Cl)[C@H]2SC1. The Bertz CT molecular complexity index is 1440. The quantitative estimate of drug-likeness (QED) is 0.0609. The molecule has 14 nitrogen and oxygen atoms in total. The molecule has 41 heavy (non-hydrogen) atoms. The number of anilines is 1. The number of pyridine rings is 1. The molecule has 0 unspecified atom stereocenters. The number of oxime groups is 1. The summed E-state index contributed by atoms with van der Waals surface area (Å²) >= 11 is 11.0. The molecule has 3 amide bonds. The lowest BCUT2D eigenvalue weighted by atomic mass is 10.0. The van der Waals surface area contributed by atoms with Crippen LogP contribution in [0, 0.1) is 0 Å². The van der Waals surface area contributed by atoms with Crippen molar-refractivity contribution in [1.29, 1.82) is 0 Å². The lowest BCUT2D eigenvalue weighted by molar-refractivity contribution is -0.150. The second-order valence-electron chi connectivity index (χ2n) is 8.25. The molecule has 8 N–H and O–H groups in total. The van der Waals surface area contributed by atoms with Crippen molar-refractivity contribution in [2.45, 2.75) is 22.1 Å².